The zero-order valence-corrected chi connectivity index (χ0v) is 13.6. The van der Waals surface area contributed by atoms with Gasteiger partial charge in [-0.05, 0) is 49.4 Å². The van der Waals surface area contributed by atoms with Crippen molar-refractivity contribution in [2.24, 2.45) is 0 Å². The van der Waals surface area contributed by atoms with Crippen LogP contribution in [0.1, 0.15) is 27.6 Å². The molecule has 5 heteroatoms. The number of ether oxygens (including phenoxy) is 1. The molecular formula is C17H14BrNO3. The van der Waals surface area contributed by atoms with E-state index in [1.165, 1.54) is 6.92 Å². The molecule has 112 valence electrons. The van der Waals surface area contributed by atoms with E-state index in [-0.39, 0.29) is 11.7 Å². The Bertz CT molecular complexity index is 740. The Kier molecular flexibility index (Phi) is 3.98. The van der Waals surface area contributed by atoms with Crippen LogP contribution in [-0.4, -0.2) is 24.8 Å². The molecule has 0 aromatic heterocycles. The van der Waals surface area contributed by atoms with Crippen LogP contribution in [0.5, 0.6) is 5.75 Å². The molecule has 0 spiro atoms. The number of hydrogen-bond acceptors (Lipinski definition) is 3. The Balaban J connectivity index is 1.99. The highest BCUT2D eigenvalue weighted by Crippen LogP contribution is 2.33. The molecule has 2 aromatic carbocycles. The van der Waals surface area contributed by atoms with Crippen LogP contribution >= 0.6 is 15.9 Å². The lowest BCUT2D eigenvalue weighted by Gasteiger charge is -2.30. The molecule has 0 radical (unpaired) electrons. The van der Waals surface area contributed by atoms with Gasteiger partial charge in [0.15, 0.2) is 5.78 Å². The second-order valence-electron chi connectivity index (χ2n) is 5.05. The average molecular weight is 360 g/mol. The van der Waals surface area contributed by atoms with Gasteiger partial charge in [0.25, 0.3) is 5.91 Å². The van der Waals surface area contributed by atoms with Crippen LogP contribution in [0.4, 0.5) is 5.69 Å². The number of ketones is 1. The van der Waals surface area contributed by atoms with Crippen molar-refractivity contribution in [1.29, 1.82) is 0 Å². The molecule has 1 aliphatic rings. The van der Waals surface area contributed by atoms with Crippen molar-refractivity contribution in [3.63, 3.8) is 0 Å². The van der Waals surface area contributed by atoms with Gasteiger partial charge in [0.2, 0.25) is 0 Å². The van der Waals surface area contributed by atoms with E-state index in [0.717, 1.165) is 4.47 Å². The van der Waals surface area contributed by atoms with E-state index < -0.39 is 0 Å². The molecule has 22 heavy (non-hydrogen) atoms. The Morgan fingerprint density at radius 1 is 1.09 bits per heavy atom. The maximum absolute atomic E-state index is 12.7. The Labute approximate surface area is 136 Å². The van der Waals surface area contributed by atoms with Gasteiger partial charge in [-0.25, -0.2) is 0 Å². The molecular weight excluding hydrogens is 346 g/mol. The van der Waals surface area contributed by atoms with Gasteiger partial charge in [-0.2, -0.15) is 0 Å². The van der Waals surface area contributed by atoms with Crippen LogP contribution in [0.3, 0.4) is 0 Å². The summed E-state index contributed by atoms with van der Waals surface area (Å²) >= 11 is 3.36. The van der Waals surface area contributed by atoms with Crippen LogP contribution in [0, 0.1) is 0 Å². The molecule has 0 atom stereocenters. The molecule has 4 nitrogen and oxygen atoms in total. The summed E-state index contributed by atoms with van der Waals surface area (Å²) in [4.78, 5) is 26.0. The lowest BCUT2D eigenvalue weighted by molar-refractivity contribution is 0.0973. The highest BCUT2D eigenvalue weighted by atomic mass is 79.9. The molecule has 0 bridgehead atoms. The number of amides is 1. The lowest BCUT2D eigenvalue weighted by atomic mass is 10.1. The second kappa shape index (κ2) is 5.93. The molecule has 3 rings (SSSR count). The van der Waals surface area contributed by atoms with Gasteiger partial charge >= 0.3 is 0 Å². The minimum absolute atomic E-state index is 0.0376. The van der Waals surface area contributed by atoms with Crippen LogP contribution in [0.2, 0.25) is 0 Å². The van der Waals surface area contributed by atoms with Gasteiger partial charge in [0.05, 0.1) is 12.2 Å². The highest BCUT2D eigenvalue weighted by Gasteiger charge is 2.25. The number of anilines is 1. The molecule has 1 aliphatic heterocycles. The van der Waals surface area contributed by atoms with Crippen molar-refractivity contribution in [2.45, 2.75) is 6.92 Å². The van der Waals surface area contributed by atoms with Gasteiger partial charge in [0.1, 0.15) is 12.4 Å². The van der Waals surface area contributed by atoms with Crippen molar-refractivity contribution in [3.8, 4) is 5.75 Å². The molecule has 0 saturated heterocycles. The summed E-state index contributed by atoms with van der Waals surface area (Å²) in [6.07, 6.45) is 0. The van der Waals surface area contributed by atoms with Gasteiger partial charge in [0, 0.05) is 15.6 Å². The van der Waals surface area contributed by atoms with Crippen LogP contribution in [0.25, 0.3) is 0 Å². The van der Waals surface area contributed by atoms with Crippen molar-refractivity contribution >= 4 is 33.3 Å². The third-order valence-electron chi connectivity index (χ3n) is 3.57. The summed E-state index contributed by atoms with van der Waals surface area (Å²) < 4.78 is 6.50. The third kappa shape index (κ3) is 2.76. The summed E-state index contributed by atoms with van der Waals surface area (Å²) in [6.45, 7) is 2.41. The number of halogens is 1. The van der Waals surface area contributed by atoms with Crippen LogP contribution in [0.15, 0.2) is 46.9 Å². The first-order valence-corrected chi connectivity index (χ1v) is 7.71. The number of carbonyl (C=O) groups is 2. The van der Waals surface area contributed by atoms with Gasteiger partial charge < -0.3 is 9.64 Å². The lowest BCUT2D eigenvalue weighted by Crippen LogP contribution is -2.38. The summed E-state index contributed by atoms with van der Waals surface area (Å²) in [6, 6.07) is 12.4. The van der Waals surface area contributed by atoms with Crippen molar-refractivity contribution < 1.29 is 14.3 Å². The number of Topliss-reactive ketones (excluding diaryl/α,β-unsaturated/α-hetero) is 1. The Hall–Kier alpha value is -2.14. The first-order valence-electron chi connectivity index (χ1n) is 6.91. The summed E-state index contributed by atoms with van der Waals surface area (Å²) in [7, 11) is 0. The fourth-order valence-electron chi connectivity index (χ4n) is 2.40. The molecule has 0 aliphatic carbocycles. The minimum Gasteiger partial charge on any atom is -0.490 e. The normalized spacial score (nSPS) is 13.3. The molecule has 0 unspecified atom stereocenters. The topological polar surface area (TPSA) is 46.6 Å². The van der Waals surface area contributed by atoms with Crippen molar-refractivity contribution in [1.82, 2.24) is 0 Å². The first kappa shape index (κ1) is 14.8. The summed E-state index contributed by atoms with van der Waals surface area (Å²) in [5, 5.41) is 0. The zero-order chi connectivity index (χ0) is 15.7. The maximum atomic E-state index is 12.7. The quantitative estimate of drug-likeness (QED) is 0.768. The molecule has 1 heterocycles. The van der Waals surface area contributed by atoms with E-state index in [2.05, 4.69) is 15.9 Å². The van der Waals surface area contributed by atoms with Gasteiger partial charge in [-0.15, -0.1) is 0 Å². The number of rotatable bonds is 2. The number of benzene rings is 2. The zero-order valence-electron chi connectivity index (χ0n) is 12.0. The van der Waals surface area contributed by atoms with Gasteiger partial charge in [-0.3, -0.25) is 9.59 Å². The first-order chi connectivity index (χ1) is 10.6. The SMILES string of the molecule is CC(=O)c1ccc2c(c1)N(C(=O)c1ccc(Br)cc1)CCO2. The molecule has 1 amide bonds. The fourth-order valence-corrected chi connectivity index (χ4v) is 2.66. The molecule has 0 saturated carbocycles. The summed E-state index contributed by atoms with van der Waals surface area (Å²) in [5.41, 5.74) is 1.81. The predicted octanol–water partition coefficient (Wildman–Crippen LogP) is 3.69. The molecule has 0 fully saturated rings. The number of hydrogen-bond donors (Lipinski definition) is 0. The predicted molar refractivity (Wildman–Crippen MR) is 87.8 cm³/mol. The van der Waals surface area contributed by atoms with Crippen LogP contribution < -0.4 is 9.64 Å². The Morgan fingerprint density at radius 2 is 1.77 bits per heavy atom. The van der Waals surface area contributed by atoms with E-state index in [4.69, 9.17) is 4.74 Å². The van der Waals surface area contributed by atoms with Crippen molar-refractivity contribution in [3.05, 3.63) is 58.1 Å². The second-order valence-corrected chi connectivity index (χ2v) is 5.97. The summed E-state index contributed by atoms with van der Waals surface area (Å²) in [5.74, 6) is 0.490. The Morgan fingerprint density at radius 3 is 2.45 bits per heavy atom. The van der Waals surface area contributed by atoms with E-state index >= 15 is 0 Å². The minimum atomic E-state index is -0.0993. The van der Waals surface area contributed by atoms with E-state index in [9.17, 15) is 9.59 Å². The highest BCUT2D eigenvalue weighted by molar-refractivity contribution is 9.10. The third-order valence-corrected chi connectivity index (χ3v) is 4.09. The fraction of sp³-hybridized carbons (Fsp3) is 0.176. The number of nitrogens with zero attached hydrogens (tertiary/aromatic N) is 1. The smallest absolute Gasteiger partial charge is 0.258 e. The van der Waals surface area contributed by atoms with Crippen LogP contribution in [-0.2, 0) is 0 Å². The van der Waals surface area contributed by atoms with Gasteiger partial charge in [-0.1, -0.05) is 15.9 Å². The van der Waals surface area contributed by atoms with E-state index in [1.54, 1.807) is 35.2 Å². The standard InChI is InChI=1S/C17H14BrNO3/c1-11(20)13-4-7-16-15(10-13)19(8-9-22-16)17(21)12-2-5-14(18)6-3-12/h2-7,10H,8-9H2,1H3. The largest absolute Gasteiger partial charge is 0.490 e. The average Bonchev–Trinajstić information content (AvgIpc) is 2.53. The van der Waals surface area contributed by atoms with E-state index in [0.29, 0.717) is 35.7 Å². The number of fused-ring (bicyclic) bond motifs is 1. The van der Waals surface area contributed by atoms with E-state index in [1.807, 2.05) is 12.1 Å². The molecule has 0 N–H and O–H groups in total. The molecule has 2 aromatic rings. The number of carbonyl (C=O) groups excluding carboxylic acids is 2. The maximum Gasteiger partial charge on any atom is 0.258 e. The monoisotopic (exact) mass is 359 g/mol. The van der Waals surface area contributed by atoms with Crippen molar-refractivity contribution in [2.75, 3.05) is 18.1 Å².